The highest BCUT2D eigenvalue weighted by Gasteiger charge is 2.20. The van der Waals surface area contributed by atoms with Gasteiger partial charge in [-0.15, -0.1) is 0 Å². The van der Waals surface area contributed by atoms with Gasteiger partial charge < -0.3 is 27.9 Å². The molecule has 0 saturated carbocycles. The Labute approximate surface area is 332 Å². The van der Waals surface area contributed by atoms with Crippen LogP contribution in [-0.4, -0.2) is 70.7 Å². The Bertz CT molecular complexity index is 1090. The maximum Gasteiger partial charge on any atom is 0.306 e. The third-order valence-corrected chi connectivity index (χ3v) is 9.50. The third-order valence-electron chi connectivity index (χ3n) is 8.54. The first-order valence-electron chi connectivity index (χ1n) is 21.2. The van der Waals surface area contributed by atoms with Crippen LogP contribution in [0.5, 0.6) is 0 Å². The van der Waals surface area contributed by atoms with Gasteiger partial charge in [0.05, 0.1) is 34.4 Å². The van der Waals surface area contributed by atoms with Gasteiger partial charge in [0.2, 0.25) is 0 Å². The second-order valence-corrected chi connectivity index (χ2v) is 16.4. The molecule has 0 aliphatic carbocycles. The Kier molecular flexibility index (Phi) is 36.4. The van der Waals surface area contributed by atoms with Crippen LogP contribution in [0, 0.1) is 0 Å². The summed E-state index contributed by atoms with van der Waals surface area (Å²) < 4.78 is 34.4. The zero-order chi connectivity index (χ0) is 39.9. The number of phosphoric acid groups is 1. The van der Waals surface area contributed by atoms with Crippen LogP contribution >= 0.6 is 7.82 Å². The predicted molar refractivity (Wildman–Crippen MR) is 226 cm³/mol. The first-order valence-corrected chi connectivity index (χ1v) is 22.6. The maximum absolute atomic E-state index is 12.6. The fourth-order valence-corrected chi connectivity index (χ4v) is 6.01. The molecule has 2 atom stereocenters. The Hall–Kier alpha value is -2.06. The minimum atomic E-state index is -4.54. The first-order chi connectivity index (χ1) is 26.1. The van der Waals surface area contributed by atoms with Crippen molar-refractivity contribution in [2.24, 2.45) is 0 Å². The lowest BCUT2D eigenvalue weighted by atomic mass is 10.0. The number of likely N-dealkylation sites (N-methyl/N-ethyl adjacent to an activating group) is 1. The van der Waals surface area contributed by atoms with E-state index in [-0.39, 0.29) is 26.2 Å². The number of allylic oxidation sites excluding steroid dienone is 12. The number of quaternary nitrogens is 1. The van der Waals surface area contributed by atoms with Crippen LogP contribution in [0.3, 0.4) is 0 Å². The number of rotatable bonds is 38. The fourth-order valence-electron chi connectivity index (χ4n) is 5.28. The molecule has 312 valence electrons. The molecule has 0 N–H and O–H groups in total. The topological polar surface area (TPSA) is 94.1 Å². The highest BCUT2D eigenvalue weighted by atomic mass is 31.2. The lowest BCUT2D eigenvalue weighted by molar-refractivity contribution is -0.870. The maximum atomic E-state index is 12.6. The van der Waals surface area contributed by atoms with Crippen molar-refractivity contribution in [3.8, 4) is 0 Å². The van der Waals surface area contributed by atoms with Crippen molar-refractivity contribution in [3.63, 3.8) is 0 Å². The van der Waals surface area contributed by atoms with Crippen LogP contribution < -0.4 is 4.89 Å². The molecule has 0 spiro atoms. The van der Waals surface area contributed by atoms with E-state index in [0.717, 1.165) is 51.4 Å². The molecule has 0 radical (unpaired) electrons. The minimum Gasteiger partial charge on any atom is -0.756 e. The van der Waals surface area contributed by atoms with Gasteiger partial charge in [-0.05, 0) is 51.4 Å². The summed E-state index contributed by atoms with van der Waals surface area (Å²) in [5.74, 6) is -0.417. The highest BCUT2D eigenvalue weighted by molar-refractivity contribution is 7.45. The van der Waals surface area contributed by atoms with Crippen molar-refractivity contribution < 1.29 is 37.3 Å². The molecule has 0 aliphatic heterocycles. The molecule has 0 rings (SSSR count). The molecule has 54 heavy (non-hydrogen) atoms. The molecule has 0 saturated heterocycles. The molecule has 0 aromatic carbocycles. The smallest absolute Gasteiger partial charge is 0.306 e. The standard InChI is InChI=1S/C45H80NO7P/c1-6-8-10-12-14-16-18-20-21-22-23-24-25-26-28-30-32-34-36-38-45(47)53-44(43-52-54(48,49)51-41-39-46(3,4)5)42-50-40-37-35-33-31-29-27-19-17-15-13-11-9-7-2/h8,10,14,16,20-21,23-24,26,28,32,34,44H,6-7,9,11-13,15,17-19,22,25,27,29-31,33,35-43H2,1-5H3/b10-8-,16-14-,21-20-,24-23-,28-26-,34-32-. The number of hydrogen-bond donors (Lipinski definition) is 0. The van der Waals surface area contributed by atoms with Gasteiger partial charge in [-0.2, -0.15) is 0 Å². The molecule has 0 aliphatic rings. The zero-order valence-electron chi connectivity index (χ0n) is 35.1. The van der Waals surface area contributed by atoms with Gasteiger partial charge in [-0.3, -0.25) is 9.36 Å². The predicted octanol–water partition coefficient (Wildman–Crippen LogP) is 11.7. The summed E-state index contributed by atoms with van der Waals surface area (Å²) in [6.45, 7) is 5.18. The van der Waals surface area contributed by atoms with Crippen LogP contribution in [0.25, 0.3) is 0 Å². The summed E-state index contributed by atoms with van der Waals surface area (Å²) in [7, 11) is 1.30. The molecular weight excluding hydrogens is 697 g/mol. The van der Waals surface area contributed by atoms with E-state index in [0.29, 0.717) is 24.1 Å². The first kappa shape index (κ1) is 51.9. The second kappa shape index (κ2) is 37.8. The van der Waals surface area contributed by atoms with E-state index in [1.54, 1.807) is 0 Å². The minimum absolute atomic E-state index is 0.0102. The van der Waals surface area contributed by atoms with Crippen molar-refractivity contribution in [2.75, 3.05) is 54.1 Å². The molecule has 0 aromatic heterocycles. The van der Waals surface area contributed by atoms with Crippen molar-refractivity contribution in [3.05, 3.63) is 72.9 Å². The average molecular weight is 778 g/mol. The van der Waals surface area contributed by atoms with Gasteiger partial charge in [-0.25, -0.2) is 0 Å². The zero-order valence-corrected chi connectivity index (χ0v) is 36.0. The molecule has 0 bridgehead atoms. The van der Waals surface area contributed by atoms with Crippen LogP contribution in [0.4, 0.5) is 0 Å². The van der Waals surface area contributed by atoms with Gasteiger partial charge in [0.25, 0.3) is 7.82 Å². The normalized spacial score (nSPS) is 14.6. The van der Waals surface area contributed by atoms with E-state index in [1.165, 1.54) is 70.6 Å². The van der Waals surface area contributed by atoms with E-state index >= 15 is 0 Å². The monoisotopic (exact) mass is 778 g/mol. The van der Waals surface area contributed by atoms with Crippen LogP contribution in [0.15, 0.2) is 72.9 Å². The number of ether oxygens (including phenoxy) is 2. The molecule has 2 unspecified atom stereocenters. The number of hydrogen-bond acceptors (Lipinski definition) is 7. The Morgan fingerprint density at radius 1 is 0.593 bits per heavy atom. The highest BCUT2D eigenvalue weighted by Crippen LogP contribution is 2.38. The molecule has 8 nitrogen and oxygen atoms in total. The van der Waals surface area contributed by atoms with Gasteiger partial charge in [0, 0.05) is 13.0 Å². The summed E-state index contributed by atoms with van der Waals surface area (Å²) >= 11 is 0. The van der Waals surface area contributed by atoms with Crippen molar-refractivity contribution in [1.29, 1.82) is 0 Å². The molecular formula is C45H80NO7P. The Balaban J connectivity index is 4.40. The third kappa shape index (κ3) is 41.1. The molecule has 0 amide bonds. The van der Waals surface area contributed by atoms with Gasteiger partial charge >= 0.3 is 5.97 Å². The van der Waals surface area contributed by atoms with Crippen molar-refractivity contribution >= 4 is 13.8 Å². The summed E-state index contributed by atoms with van der Waals surface area (Å²) in [4.78, 5) is 25.0. The number of carbonyl (C=O) groups excluding carboxylic acids is 1. The van der Waals surface area contributed by atoms with Crippen molar-refractivity contribution in [1.82, 2.24) is 0 Å². The summed E-state index contributed by atoms with van der Waals surface area (Å²) in [6.07, 6.45) is 47.8. The Morgan fingerprint density at radius 2 is 1.04 bits per heavy atom. The lowest BCUT2D eigenvalue weighted by Crippen LogP contribution is -2.37. The molecule has 0 fully saturated rings. The number of phosphoric ester groups is 1. The quantitative estimate of drug-likeness (QED) is 0.0202. The van der Waals surface area contributed by atoms with Crippen molar-refractivity contribution in [2.45, 2.75) is 155 Å². The number of nitrogens with zero attached hydrogens (tertiary/aromatic N) is 1. The number of carbonyl (C=O) groups is 1. The van der Waals surface area contributed by atoms with E-state index < -0.39 is 19.9 Å². The summed E-state index contributed by atoms with van der Waals surface area (Å²) in [5, 5.41) is 0. The van der Waals surface area contributed by atoms with Gasteiger partial charge in [0.1, 0.15) is 19.3 Å². The van der Waals surface area contributed by atoms with Crippen LogP contribution in [0.1, 0.15) is 149 Å². The number of esters is 1. The van der Waals surface area contributed by atoms with Gasteiger partial charge in [0.15, 0.2) is 0 Å². The van der Waals surface area contributed by atoms with E-state index in [1.807, 2.05) is 33.3 Å². The number of unbranched alkanes of at least 4 members (excludes halogenated alkanes) is 12. The summed E-state index contributed by atoms with van der Waals surface area (Å²) in [6, 6.07) is 0. The fraction of sp³-hybridized carbons (Fsp3) is 0.711. The van der Waals surface area contributed by atoms with E-state index in [4.69, 9.17) is 18.5 Å². The average Bonchev–Trinajstić information content (AvgIpc) is 3.12. The van der Waals surface area contributed by atoms with E-state index in [9.17, 15) is 14.3 Å². The SMILES string of the molecule is CC/C=C\C/C=C\C/C=C\C/C=C\C/C=C\C/C=C\CCC(=O)OC(COCCCCCCCCCCCCCCC)COP(=O)([O-])OCC[N+](C)(C)C. The molecule has 9 heteroatoms. The summed E-state index contributed by atoms with van der Waals surface area (Å²) in [5.41, 5.74) is 0. The van der Waals surface area contributed by atoms with Gasteiger partial charge in [-0.1, -0.05) is 164 Å². The van der Waals surface area contributed by atoms with Crippen LogP contribution in [0.2, 0.25) is 0 Å². The second-order valence-electron chi connectivity index (χ2n) is 15.0. The molecule has 0 heterocycles. The Morgan fingerprint density at radius 3 is 1.50 bits per heavy atom. The largest absolute Gasteiger partial charge is 0.756 e. The molecule has 0 aromatic rings. The van der Waals surface area contributed by atoms with Crippen LogP contribution in [-0.2, 0) is 27.9 Å². The van der Waals surface area contributed by atoms with E-state index in [2.05, 4.69) is 74.6 Å². The lowest BCUT2D eigenvalue weighted by Gasteiger charge is -2.28.